The highest BCUT2D eigenvalue weighted by Gasteiger charge is 2.59. The Labute approximate surface area is 101 Å². The van der Waals surface area contributed by atoms with E-state index in [-0.39, 0.29) is 5.33 Å². The van der Waals surface area contributed by atoms with Crippen LogP contribution in [0.25, 0.3) is 0 Å². The number of rotatable bonds is 4. The first kappa shape index (κ1) is 16.3. The van der Waals surface area contributed by atoms with E-state index in [1.54, 1.807) is 0 Å². The molecule has 0 aromatic heterocycles. The summed E-state index contributed by atoms with van der Waals surface area (Å²) in [7, 11) is 0. The van der Waals surface area contributed by atoms with Gasteiger partial charge in [-0.3, -0.25) is 0 Å². The molecule has 1 unspecified atom stereocenters. The number of hydrogen-bond donors (Lipinski definition) is 0. The zero-order valence-electron chi connectivity index (χ0n) is 7.92. The molecule has 0 rings (SSSR count). The van der Waals surface area contributed by atoms with E-state index in [4.69, 9.17) is 11.6 Å². The Balaban J connectivity index is 4.97. The molecule has 0 saturated heterocycles. The van der Waals surface area contributed by atoms with Crippen LogP contribution in [-0.2, 0) is 4.74 Å². The summed E-state index contributed by atoms with van der Waals surface area (Å²) < 4.78 is 76.7. The summed E-state index contributed by atoms with van der Waals surface area (Å²) in [5.41, 5.74) is -1.74. The second kappa shape index (κ2) is 5.30. The van der Waals surface area contributed by atoms with Gasteiger partial charge in [0.15, 0.2) is 0 Å². The van der Waals surface area contributed by atoms with Crippen LogP contribution < -0.4 is 0 Å². The van der Waals surface area contributed by atoms with Gasteiger partial charge < -0.3 is 4.74 Å². The average Bonchev–Trinajstić information content (AvgIpc) is 2.10. The number of alkyl halides is 8. The molecule has 0 N–H and O–H groups in total. The number of ether oxygens (including phenoxy) is 1. The summed E-state index contributed by atoms with van der Waals surface area (Å²) >= 11 is 8.01. The molecule has 0 fully saturated rings. The zero-order valence-corrected chi connectivity index (χ0v) is 10.3. The predicted octanol–water partition coefficient (Wildman–Crippen LogP) is 3.89. The van der Waals surface area contributed by atoms with Crippen LogP contribution in [0.3, 0.4) is 0 Å². The molecular weight excluding hydrogens is 329 g/mol. The normalized spacial score (nSPS) is 17.6. The second-order valence-electron chi connectivity index (χ2n) is 3.30. The highest BCUT2D eigenvalue weighted by Crippen LogP contribution is 2.38. The standard InChI is InChI=1S/C7H8BrClF6O/c1-5(2-8,3-9)16-4(6(10,11)12)7(13,14)15/h4H,2-3H2,1H3. The molecule has 0 amide bonds. The molecule has 0 spiro atoms. The SMILES string of the molecule is CC(CCl)(CBr)OC(C(F)(F)F)C(F)(F)F. The Kier molecular flexibility index (Phi) is 5.41. The van der Waals surface area contributed by atoms with Gasteiger partial charge in [-0.15, -0.1) is 11.6 Å². The average molecular weight is 337 g/mol. The minimum absolute atomic E-state index is 0.244. The van der Waals surface area contributed by atoms with Crippen LogP contribution in [0.4, 0.5) is 26.3 Å². The molecule has 0 aliphatic rings. The zero-order chi connectivity index (χ0) is 13.2. The molecule has 1 atom stereocenters. The fourth-order valence-electron chi connectivity index (χ4n) is 0.702. The van der Waals surface area contributed by atoms with Crippen LogP contribution in [0.15, 0.2) is 0 Å². The van der Waals surface area contributed by atoms with Gasteiger partial charge >= 0.3 is 12.4 Å². The van der Waals surface area contributed by atoms with E-state index < -0.39 is 29.9 Å². The van der Waals surface area contributed by atoms with Crippen LogP contribution in [0, 0.1) is 0 Å². The van der Waals surface area contributed by atoms with Crippen molar-refractivity contribution in [1.82, 2.24) is 0 Å². The van der Waals surface area contributed by atoms with Crippen LogP contribution in [-0.4, -0.2) is 35.3 Å². The van der Waals surface area contributed by atoms with Crippen molar-refractivity contribution in [3.8, 4) is 0 Å². The van der Waals surface area contributed by atoms with Gasteiger partial charge in [0.1, 0.15) is 0 Å². The summed E-state index contributed by atoms with van der Waals surface area (Å²) in [5, 5.41) is -0.244. The summed E-state index contributed by atoms with van der Waals surface area (Å²) in [6.45, 7) is 1.05. The van der Waals surface area contributed by atoms with E-state index >= 15 is 0 Å². The van der Waals surface area contributed by atoms with E-state index in [1.165, 1.54) is 0 Å². The quantitative estimate of drug-likeness (QED) is 0.559. The number of halogens is 8. The highest BCUT2D eigenvalue weighted by atomic mass is 79.9. The molecule has 0 bridgehead atoms. The third-order valence-corrected chi connectivity index (χ3v) is 3.31. The second-order valence-corrected chi connectivity index (χ2v) is 4.13. The Morgan fingerprint density at radius 3 is 1.69 bits per heavy atom. The molecule has 0 aromatic carbocycles. The fraction of sp³-hybridized carbons (Fsp3) is 1.00. The van der Waals surface area contributed by atoms with Crippen molar-refractivity contribution in [2.45, 2.75) is 31.0 Å². The monoisotopic (exact) mass is 336 g/mol. The molecule has 1 nitrogen and oxygen atoms in total. The topological polar surface area (TPSA) is 9.23 Å². The van der Waals surface area contributed by atoms with Crippen molar-refractivity contribution < 1.29 is 31.1 Å². The third kappa shape index (κ3) is 4.67. The summed E-state index contributed by atoms with van der Waals surface area (Å²) in [4.78, 5) is 0. The van der Waals surface area contributed by atoms with Crippen molar-refractivity contribution in [2.75, 3.05) is 11.2 Å². The van der Waals surface area contributed by atoms with E-state index in [0.29, 0.717) is 0 Å². The first-order chi connectivity index (χ1) is 6.96. The number of hydrogen-bond acceptors (Lipinski definition) is 1. The minimum Gasteiger partial charge on any atom is -0.352 e. The van der Waals surface area contributed by atoms with Crippen LogP contribution >= 0.6 is 27.5 Å². The summed E-state index contributed by atoms with van der Waals surface area (Å²) in [6, 6.07) is 0. The van der Waals surface area contributed by atoms with Crippen molar-refractivity contribution in [3.05, 3.63) is 0 Å². The van der Waals surface area contributed by atoms with Crippen LogP contribution in [0.1, 0.15) is 6.92 Å². The molecule has 0 radical (unpaired) electrons. The molecule has 16 heavy (non-hydrogen) atoms. The smallest absolute Gasteiger partial charge is 0.352 e. The molecule has 0 heterocycles. The predicted molar refractivity (Wildman–Crippen MR) is 49.9 cm³/mol. The van der Waals surface area contributed by atoms with Gasteiger partial charge in [0, 0.05) is 5.33 Å². The minimum atomic E-state index is -5.52. The van der Waals surface area contributed by atoms with Gasteiger partial charge in [-0.2, -0.15) is 26.3 Å². The molecule has 9 heteroatoms. The molecular formula is C7H8BrClF6O. The lowest BCUT2D eigenvalue weighted by Crippen LogP contribution is -2.51. The summed E-state index contributed by atoms with van der Waals surface area (Å²) in [5.74, 6) is -0.499. The maximum atomic E-state index is 12.1. The van der Waals surface area contributed by atoms with Crippen molar-refractivity contribution in [3.63, 3.8) is 0 Å². The van der Waals surface area contributed by atoms with E-state index in [0.717, 1.165) is 6.92 Å². The maximum absolute atomic E-state index is 12.1. The van der Waals surface area contributed by atoms with E-state index in [9.17, 15) is 26.3 Å². The molecule has 0 aromatic rings. The molecule has 0 aliphatic carbocycles. The maximum Gasteiger partial charge on any atom is 0.423 e. The lowest BCUT2D eigenvalue weighted by atomic mass is 10.1. The largest absolute Gasteiger partial charge is 0.423 e. The van der Waals surface area contributed by atoms with Gasteiger partial charge in [-0.25, -0.2) is 0 Å². The molecule has 98 valence electrons. The molecule has 0 saturated carbocycles. The van der Waals surface area contributed by atoms with Gasteiger partial charge in [0.05, 0.1) is 11.5 Å². The van der Waals surface area contributed by atoms with Crippen molar-refractivity contribution >= 4 is 27.5 Å². The van der Waals surface area contributed by atoms with Gasteiger partial charge in [-0.1, -0.05) is 15.9 Å². The van der Waals surface area contributed by atoms with Gasteiger partial charge in [0.25, 0.3) is 0 Å². The van der Waals surface area contributed by atoms with Crippen LogP contribution in [0.5, 0.6) is 0 Å². The van der Waals surface area contributed by atoms with Gasteiger partial charge in [0.2, 0.25) is 6.10 Å². The lowest BCUT2D eigenvalue weighted by Gasteiger charge is -2.32. The molecule has 0 aliphatic heterocycles. The Morgan fingerprint density at radius 2 is 1.50 bits per heavy atom. The Morgan fingerprint density at radius 1 is 1.12 bits per heavy atom. The lowest BCUT2D eigenvalue weighted by molar-refractivity contribution is -0.338. The van der Waals surface area contributed by atoms with Crippen molar-refractivity contribution in [2.24, 2.45) is 0 Å². The van der Waals surface area contributed by atoms with Crippen molar-refractivity contribution in [1.29, 1.82) is 0 Å². The summed E-state index contributed by atoms with van der Waals surface area (Å²) in [6.07, 6.45) is -14.9. The van der Waals surface area contributed by atoms with E-state index in [2.05, 4.69) is 20.7 Å². The van der Waals surface area contributed by atoms with Crippen LogP contribution in [0.2, 0.25) is 0 Å². The first-order valence-corrected chi connectivity index (χ1v) is 5.55. The van der Waals surface area contributed by atoms with Gasteiger partial charge in [-0.05, 0) is 6.92 Å². The Bertz CT molecular complexity index is 210. The fourth-order valence-corrected chi connectivity index (χ4v) is 1.42. The first-order valence-electron chi connectivity index (χ1n) is 3.89. The third-order valence-electron chi connectivity index (χ3n) is 1.56. The van der Waals surface area contributed by atoms with E-state index in [1.807, 2.05) is 0 Å². The highest BCUT2D eigenvalue weighted by molar-refractivity contribution is 9.09. The Hall–Kier alpha value is 0.310.